The minimum Gasteiger partial charge on any atom is -0.481 e. The van der Waals surface area contributed by atoms with Crippen molar-refractivity contribution < 1.29 is 14.7 Å². The fraction of sp³-hybridized carbons (Fsp3) is 0.500. The smallest absolute Gasteiger partial charge is 0.308 e. The van der Waals surface area contributed by atoms with Gasteiger partial charge in [0.2, 0.25) is 0 Å². The van der Waals surface area contributed by atoms with Gasteiger partial charge in [0.25, 0.3) is 11.5 Å². The number of hydrogen-bond donors (Lipinski definition) is 2. The average Bonchev–Trinajstić information content (AvgIpc) is 2.84. The van der Waals surface area contributed by atoms with E-state index in [1.54, 1.807) is 13.8 Å². The Morgan fingerprint density at radius 1 is 1.42 bits per heavy atom. The number of H-pyrrole nitrogens is 1. The molecule has 102 valence electrons. The van der Waals surface area contributed by atoms with Crippen molar-refractivity contribution in [1.82, 2.24) is 15.1 Å². The van der Waals surface area contributed by atoms with E-state index in [4.69, 9.17) is 5.11 Å². The fourth-order valence-corrected chi connectivity index (χ4v) is 2.19. The van der Waals surface area contributed by atoms with E-state index in [9.17, 15) is 14.4 Å². The fourth-order valence-electron chi connectivity index (χ4n) is 2.19. The molecule has 1 saturated heterocycles. The summed E-state index contributed by atoms with van der Waals surface area (Å²) >= 11 is 0. The number of hydrogen-bond acceptors (Lipinski definition) is 4. The SMILES string of the molecule is Cc1n[nH]c(=O)c(C(=O)N2CCC(C(=O)O)C2)c1C. The molecule has 0 saturated carbocycles. The molecule has 0 spiro atoms. The first-order chi connectivity index (χ1) is 8.91. The first kappa shape index (κ1) is 13.3. The maximum atomic E-state index is 12.3. The van der Waals surface area contributed by atoms with Gasteiger partial charge >= 0.3 is 5.97 Å². The predicted octanol–water partition coefficient (Wildman–Crippen LogP) is -0.0666. The predicted molar refractivity (Wildman–Crippen MR) is 66.0 cm³/mol. The molecule has 2 rings (SSSR count). The van der Waals surface area contributed by atoms with Crippen LogP contribution in [0.2, 0.25) is 0 Å². The molecule has 1 unspecified atom stereocenters. The number of carbonyl (C=O) groups excluding carboxylic acids is 1. The molecule has 1 aromatic heterocycles. The lowest BCUT2D eigenvalue weighted by atomic mass is 10.1. The Hall–Kier alpha value is -2.18. The molecule has 1 amide bonds. The highest BCUT2D eigenvalue weighted by Crippen LogP contribution is 2.19. The molecule has 0 aliphatic carbocycles. The van der Waals surface area contributed by atoms with Gasteiger partial charge in [-0.3, -0.25) is 14.4 Å². The zero-order valence-corrected chi connectivity index (χ0v) is 10.8. The maximum Gasteiger partial charge on any atom is 0.308 e. The maximum absolute atomic E-state index is 12.3. The van der Waals surface area contributed by atoms with E-state index in [1.165, 1.54) is 4.90 Å². The van der Waals surface area contributed by atoms with Gasteiger partial charge in [-0.2, -0.15) is 5.10 Å². The van der Waals surface area contributed by atoms with Crippen LogP contribution in [-0.2, 0) is 4.79 Å². The minimum atomic E-state index is -0.910. The molecule has 1 atom stereocenters. The number of aromatic nitrogens is 2. The number of nitrogens with zero attached hydrogens (tertiary/aromatic N) is 2. The number of aromatic amines is 1. The monoisotopic (exact) mass is 265 g/mol. The van der Waals surface area contributed by atoms with E-state index in [0.717, 1.165) is 0 Å². The molecule has 1 aromatic rings. The molecular formula is C12H15N3O4. The van der Waals surface area contributed by atoms with Crippen LogP contribution in [0.3, 0.4) is 0 Å². The number of carbonyl (C=O) groups is 2. The van der Waals surface area contributed by atoms with Crippen LogP contribution in [-0.4, -0.2) is 45.2 Å². The van der Waals surface area contributed by atoms with Crippen molar-refractivity contribution in [3.05, 3.63) is 27.2 Å². The number of aliphatic carboxylic acids is 1. The zero-order valence-electron chi connectivity index (χ0n) is 10.8. The van der Waals surface area contributed by atoms with Crippen LogP contribution in [0.1, 0.15) is 28.0 Å². The van der Waals surface area contributed by atoms with E-state index in [1.807, 2.05) is 0 Å². The van der Waals surface area contributed by atoms with Gasteiger partial charge in [0.1, 0.15) is 5.56 Å². The van der Waals surface area contributed by atoms with Crippen molar-refractivity contribution >= 4 is 11.9 Å². The van der Waals surface area contributed by atoms with Crippen LogP contribution >= 0.6 is 0 Å². The van der Waals surface area contributed by atoms with Crippen molar-refractivity contribution in [2.75, 3.05) is 13.1 Å². The molecular weight excluding hydrogens is 250 g/mol. The van der Waals surface area contributed by atoms with Gasteiger partial charge in [-0.15, -0.1) is 0 Å². The van der Waals surface area contributed by atoms with E-state index >= 15 is 0 Å². The highest BCUT2D eigenvalue weighted by Gasteiger charge is 2.33. The number of aryl methyl sites for hydroxylation is 1. The van der Waals surface area contributed by atoms with Crippen molar-refractivity contribution in [2.24, 2.45) is 5.92 Å². The summed E-state index contributed by atoms with van der Waals surface area (Å²) in [6.45, 7) is 3.87. The number of rotatable bonds is 2. The van der Waals surface area contributed by atoms with E-state index < -0.39 is 23.4 Å². The van der Waals surface area contributed by atoms with Gasteiger partial charge in [-0.25, -0.2) is 5.10 Å². The largest absolute Gasteiger partial charge is 0.481 e. The Balaban J connectivity index is 2.29. The van der Waals surface area contributed by atoms with Crippen molar-refractivity contribution in [2.45, 2.75) is 20.3 Å². The summed E-state index contributed by atoms with van der Waals surface area (Å²) in [5.41, 5.74) is 0.634. The molecule has 0 radical (unpaired) electrons. The Morgan fingerprint density at radius 3 is 2.68 bits per heavy atom. The third kappa shape index (κ3) is 2.35. The van der Waals surface area contributed by atoms with E-state index in [0.29, 0.717) is 24.2 Å². The van der Waals surface area contributed by atoms with Gasteiger partial charge in [0, 0.05) is 13.1 Å². The summed E-state index contributed by atoms with van der Waals surface area (Å²) in [4.78, 5) is 36.3. The summed E-state index contributed by atoms with van der Waals surface area (Å²) in [6, 6.07) is 0. The third-order valence-electron chi connectivity index (χ3n) is 3.51. The van der Waals surface area contributed by atoms with Crippen LogP contribution in [0, 0.1) is 19.8 Å². The lowest BCUT2D eigenvalue weighted by Crippen LogP contribution is -2.35. The lowest BCUT2D eigenvalue weighted by molar-refractivity contribution is -0.141. The van der Waals surface area contributed by atoms with Crippen molar-refractivity contribution in [3.8, 4) is 0 Å². The topological polar surface area (TPSA) is 103 Å². The van der Waals surface area contributed by atoms with Gasteiger partial charge < -0.3 is 10.0 Å². The Labute approximate surface area is 109 Å². The number of amides is 1. The quantitative estimate of drug-likeness (QED) is 0.779. The first-order valence-corrected chi connectivity index (χ1v) is 5.99. The number of carboxylic acids is 1. The standard InChI is InChI=1S/C12H15N3O4/c1-6-7(2)13-14-10(16)9(6)11(17)15-4-3-8(5-15)12(18)19/h8H,3-5H2,1-2H3,(H,14,16)(H,18,19). The molecule has 1 aliphatic rings. The molecule has 2 N–H and O–H groups in total. The summed E-state index contributed by atoms with van der Waals surface area (Å²) in [5.74, 6) is -1.88. The minimum absolute atomic E-state index is 0.0542. The normalized spacial score (nSPS) is 18.6. The summed E-state index contributed by atoms with van der Waals surface area (Å²) in [6.07, 6.45) is 0.419. The van der Waals surface area contributed by atoms with Gasteiger partial charge in [-0.05, 0) is 25.8 Å². The van der Waals surface area contributed by atoms with Crippen LogP contribution < -0.4 is 5.56 Å². The van der Waals surface area contributed by atoms with Crippen molar-refractivity contribution in [1.29, 1.82) is 0 Å². The first-order valence-electron chi connectivity index (χ1n) is 5.99. The Kier molecular flexibility index (Phi) is 3.37. The van der Waals surface area contributed by atoms with Crippen LogP contribution in [0.4, 0.5) is 0 Å². The second-order valence-corrected chi connectivity index (χ2v) is 4.71. The highest BCUT2D eigenvalue weighted by molar-refractivity contribution is 5.95. The van der Waals surface area contributed by atoms with Crippen LogP contribution in [0.15, 0.2) is 4.79 Å². The molecule has 7 heteroatoms. The molecule has 0 aromatic carbocycles. The second-order valence-electron chi connectivity index (χ2n) is 4.71. The molecule has 1 aliphatic heterocycles. The third-order valence-corrected chi connectivity index (χ3v) is 3.51. The molecule has 0 bridgehead atoms. The van der Waals surface area contributed by atoms with Gasteiger partial charge in [-0.1, -0.05) is 0 Å². The molecule has 1 fully saturated rings. The zero-order chi connectivity index (χ0) is 14.2. The molecule has 19 heavy (non-hydrogen) atoms. The summed E-state index contributed by atoms with van der Waals surface area (Å²) < 4.78 is 0. The number of nitrogens with one attached hydrogen (secondary N) is 1. The molecule has 7 nitrogen and oxygen atoms in total. The van der Waals surface area contributed by atoms with Crippen LogP contribution in [0.25, 0.3) is 0 Å². The van der Waals surface area contributed by atoms with E-state index in [-0.39, 0.29) is 12.1 Å². The Morgan fingerprint density at radius 2 is 2.11 bits per heavy atom. The van der Waals surface area contributed by atoms with Gasteiger partial charge in [0.15, 0.2) is 0 Å². The lowest BCUT2D eigenvalue weighted by Gasteiger charge is -2.16. The van der Waals surface area contributed by atoms with Crippen LogP contribution in [0.5, 0.6) is 0 Å². The second kappa shape index (κ2) is 4.83. The number of carboxylic acid groups (broad SMARTS) is 1. The van der Waals surface area contributed by atoms with E-state index in [2.05, 4.69) is 10.2 Å². The summed E-state index contributed by atoms with van der Waals surface area (Å²) in [5, 5.41) is 15.0. The Bertz CT molecular complexity index is 593. The summed E-state index contributed by atoms with van der Waals surface area (Å²) in [7, 11) is 0. The average molecular weight is 265 g/mol. The number of likely N-dealkylation sites (tertiary alicyclic amines) is 1. The van der Waals surface area contributed by atoms with Gasteiger partial charge in [0.05, 0.1) is 11.6 Å². The molecule has 2 heterocycles. The highest BCUT2D eigenvalue weighted by atomic mass is 16.4. The van der Waals surface area contributed by atoms with Crippen molar-refractivity contribution in [3.63, 3.8) is 0 Å².